The number of pyridine rings is 1. The lowest BCUT2D eigenvalue weighted by Gasteiger charge is -2.31. The summed E-state index contributed by atoms with van der Waals surface area (Å²) in [5, 5.41) is 3.72. The molecule has 2 atom stereocenters. The highest BCUT2D eigenvalue weighted by molar-refractivity contribution is 5.77. The van der Waals surface area contributed by atoms with Crippen LogP contribution in [0.15, 0.2) is 35.3 Å². The maximum absolute atomic E-state index is 12.3. The van der Waals surface area contributed by atoms with E-state index < -0.39 is 0 Å². The highest BCUT2D eigenvalue weighted by atomic mass is 16.1. The van der Waals surface area contributed by atoms with Crippen LogP contribution in [-0.2, 0) is 13.6 Å². The molecule has 1 aliphatic heterocycles. The van der Waals surface area contributed by atoms with Crippen LogP contribution >= 0.6 is 0 Å². The largest absolute Gasteiger partial charge is 0.360 e. The molecule has 0 saturated heterocycles. The van der Waals surface area contributed by atoms with Crippen LogP contribution in [0, 0.1) is 18.8 Å². The van der Waals surface area contributed by atoms with Crippen LogP contribution in [0.2, 0.25) is 0 Å². The fraction of sp³-hybridized carbons (Fsp3) is 0.560. The van der Waals surface area contributed by atoms with Crippen molar-refractivity contribution in [2.75, 3.05) is 16.8 Å². The van der Waals surface area contributed by atoms with E-state index in [-0.39, 0.29) is 11.7 Å². The predicted octanol–water partition coefficient (Wildman–Crippen LogP) is 4.69. The van der Waals surface area contributed by atoms with Gasteiger partial charge in [0, 0.05) is 37.5 Å². The lowest BCUT2D eigenvalue weighted by Crippen LogP contribution is -2.34. The van der Waals surface area contributed by atoms with Crippen LogP contribution < -0.4 is 21.5 Å². The van der Waals surface area contributed by atoms with Crippen molar-refractivity contribution >= 4 is 11.4 Å². The first-order valence-corrected chi connectivity index (χ1v) is 11.5. The van der Waals surface area contributed by atoms with Gasteiger partial charge < -0.3 is 20.5 Å². The summed E-state index contributed by atoms with van der Waals surface area (Å²) < 4.78 is 1.70. The van der Waals surface area contributed by atoms with Crippen molar-refractivity contribution < 1.29 is 0 Å². The van der Waals surface area contributed by atoms with Gasteiger partial charge in [-0.1, -0.05) is 38.7 Å². The number of aryl methyl sites for hydroxylation is 2. The van der Waals surface area contributed by atoms with Crippen molar-refractivity contribution in [1.29, 1.82) is 0 Å². The second-order valence-corrected chi connectivity index (χ2v) is 9.30. The minimum atomic E-state index is 0.0406. The van der Waals surface area contributed by atoms with Gasteiger partial charge in [-0.3, -0.25) is 4.79 Å². The van der Waals surface area contributed by atoms with E-state index >= 15 is 0 Å². The molecule has 1 saturated carbocycles. The second-order valence-electron chi connectivity index (χ2n) is 9.30. The summed E-state index contributed by atoms with van der Waals surface area (Å²) in [6, 6.07) is 8.54. The summed E-state index contributed by atoms with van der Waals surface area (Å²) in [4.78, 5) is 14.8. The van der Waals surface area contributed by atoms with Gasteiger partial charge in [-0.2, -0.15) is 0 Å². The molecule has 1 aromatic heterocycles. The van der Waals surface area contributed by atoms with Crippen LogP contribution in [0.4, 0.5) is 11.4 Å². The third-order valence-electron chi connectivity index (χ3n) is 6.74. The molecule has 0 amide bonds. The zero-order valence-corrected chi connectivity index (χ0v) is 18.7. The summed E-state index contributed by atoms with van der Waals surface area (Å²) in [7, 11) is 1.84. The number of aromatic nitrogens is 1. The zero-order chi connectivity index (χ0) is 21.3. The highest BCUT2D eigenvalue weighted by Crippen LogP contribution is 2.43. The number of benzene rings is 1. The summed E-state index contributed by atoms with van der Waals surface area (Å²) >= 11 is 0. The molecule has 1 fully saturated rings. The quantitative estimate of drug-likeness (QED) is 0.632. The van der Waals surface area contributed by atoms with Crippen molar-refractivity contribution in [3.63, 3.8) is 0 Å². The lowest BCUT2D eigenvalue weighted by molar-refractivity contribution is 0.410. The van der Waals surface area contributed by atoms with Crippen molar-refractivity contribution in [3.8, 4) is 0 Å². The number of nitrogens with zero attached hydrogens (tertiary/aromatic N) is 2. The minimum Gasteiger partial charge on any atom is -0.360 e. The van der Waals surface area contributed by atoms with E-state index in [1.54, 1.807) is 4.57 Å². The van der Waals surface area contributed by atoms with Crippen LogP contribution in [0.3, 0.4) is 0 Å². The van der Waals surface area contributed by atoms with Gasteiger partial charge in [0.25, 0.3) is 5.56 Å². The number of hydrogen-bond donors (Lipinski definition) is 2. The SMILES string of the molecule is CCCC(CCC1CC1)CN1c2cc(CN)ccc2NC1c1cc(C)c(=O)n(C)c1. The number of fused-ring (bicyclic) bond motifs is 1. The molecule has 1 aromatic carbocycles. The van der Waals surface area contributed by atoms with Crippen molar-refractivity contribution in [3.05, 3.63) is 57.5 Å². The van der Waals surface area contributed by atoms with Gasteiger partial charge in [-0.25, -0.2) is 0 Å². The third kappa shape index (κ3) is 4.41. The molecule has 0 spiro atoms. The Kier molecular flexibility index (Phi) is 6.19. The molecular formula is C25H36N4O. The first-order chi connectivity index (χ1) is 14.5. The molecule has 3 N–H and O–H groups in total. The zero-order valence-electron chi connectivity index (χ0n) is 18.7. The molecule has 0 bridgehead atoms. The van der Waals surface area contributed by atoms with E-state index in [0.29, 0.717) is 12.5 Å². The molecular weight excluding hydrogens is 372 g/mol. The van der Waals surface area contributed by atoms with Crippen molar-refractivity contribution in [2.45, 2.75) is 65.1 Å². The monoisotopic (exact) mass is 408 g/mol. The van der Waals surface area contributed by atoms with Crippen LogP contribution in [-0.4, -0.2) is 11.1 Å². The smallest absolute Gasteiger partial charge is 0.253 e. The molecule has 5 heteroatoms. The Morgan fingerprint density at radius 2 is 2.03 bits per heavy atom. The normalized spacial score (nSPS) is 18.9. The number of rotatable bonds is 9. The van der Waals surface area contributed by atoms with Gasteiger partial charge >= 0.3 is 0 Å². The van der Waals surface area contributed by atoms with Crippen LogP contribution in [0.5, 0.6) is 0 Å². The molecule has 0 radical (unpaired) electrons. The summed E-state index contributed by atoms with van der Waals surface area (Å²) in [5.74, 6) is 1.65. The van der Waals surface area contributed by atoms with E-state index in [1.807, 2.05) is 26.2 Å². The molecule has 2 heterocycles. The number of hydrogen-bond acceptors (Lipinski definition) is 4. The average Bonchev–Trinajstić information content (AvgIpc) is 3.50. The van der Waals surface area contributed by atoms with Crippen LogP contribution in [0.1, 0.15) is 68.3 Å². The number of nitrogens with two attached hydrogens (primary N) is 1. The second kappa shape index (κ2) is 8.84. The summed E-state index contributed by atoms with van der Waals surface area (Å²) in [6.45, 7) is 5.77. The van der Waals surface area contributed by atoms with E-state index in [1.165, 1.54) is 44.2 Å². The predicted molar refractivity (Wildman–Crippen MR) is 125 cm³/mol. The third-order valence-corrected chi connectivity index (χ3v) is 6.74. The molecule has 5 nitrogen and oxygen atoms in total. The fourth-order valence-electron chi connectivity index (χ4n) is 4.85. The van der Waals surface area contributed by atoms with Gasteiger partial charge in [0.15, 0.2) is 0 Å². The Labute approximate surface area is 180 Å². The Balaban J connectivity index is 1.66. The molecule has 30 heavy (non-hydrogen) atoms. The first kappa shape index (κ1) is 21.0. The molecule has 2 aromatic rings. The van der Waals surface area contributed by atoms with Crippen LogP contribution in [0.25, 0.3) is 0 Å². The van der Waals surface area contributed by atoms with Crippen molar-refractivity contribution in [2.24, 2.45) is 24.6 Å². The van der Waals surface area contributed by atoms with E-state index in [0.717, 1.165) is 34.8 Å². The minimum absolute atomic E-state index is 0.0406. The molecule has 2 unspecified atom stereocenters. The highest BCUT2D eigenvalue weighted by Gasteiger charge is 2.33. The summed E-state index contributed by atoms with van der Waals surface area (Å²) in [5.41, 5.74) is 11.5. The van der Waals surface area contributed by atoms with Gasteiger partial charge in [0.05, 0.1) is 11.4 Å². The topological polar surface area (TPSA) is 63.3 Å². The van der Waals surface area contributed by atoms with Gasteiger partial charge in [-0.15, -0.1) is 0 Å². The molecule has 4 rings (SSSR count). The fourth-order valence-corrected chi connectivity index (χ4v) is 4.85. The molecule has 1 aliphatic carbocycles. The van der Waals surface area contributed by atoms with E-state index in [9.17, 15) is 4.79 Å². The Hall–Kier alpha value is -2.27. The summed E-state index contributed by atoms with van der Waals surface area (Å²) in [6.07, 6.45) is 10.0. The Bertz CT molecular complexity index is 920. The Morgan fingerprint density at radius 1 is 1.23 bits per heavy atom. The van der Waals surface area contributed by atoms with E-state index in [2.05, 4.69) is 35.3 Å². The Morgan fingerprint density at radius 3 is 2.70 bits per heavy atom. The van der Waals surface area contributed by atoms with E-state index in [4.69, 9.17) is 5.73 Å². The first-order valence-electron chi connectivity index (χ1n) is 11.5. The number of nitrogens with one attached hydrogen (secondary N) is 1. The molecule has 162 valence electrons. The average molecular weight is 409 g/mol. The van der Waals surface area contributed by atoms with Gasteiger partial charge in [-0.05, 0) is 55.4 Å². The lowest BCUT2D eigenvalue weighted by atomic mass is 9.95. The number of anilines is 2. The molecule has 2 aliphatic rings. The van der Waals surface area contributed by atoms with Gasteiger partial charge in [0.2, 0.25) is 0 Å². The van der Waals surface area contributed by atoms with Gasteiger partial charge in [0.1, 0.15) is 6.17 Å². The van der Waals surface area contributed by atoms with Crippen molar-refractivity contribution in [1.82, 2.24) is 4.57 Å². The maximum atomic E-state index is 12.3. The maximum Gasteiger partial charge on any atom is 0.253 e. The standard InChI is InChI=1S/C25H36N4O/c1-4-5-19(9-8-18-6-7-18)15-29-23-13-20(14-26)10-11-22(23)27-24(29)21-12-17(2)25(30)28(3)16-21/h10-13,16,18-19,24,27H,4-9,14-15,26H2,1-3H3.